The van der Waals surface area contributed by atoms with Crippen LogP contribution in [0.2, 0.25) is 0 Å². The Morgan fingerprint density at radius 1 is 1.15 bits per heavy atom. The highest BCUT2D eigenvalue weighted by Gasteiger charge is 2.24. The van der Waals surface area contributed by atoms with Gasteiger partial charge >= 0.3 is 12.0 Å². The van der Waals surface area contributed by atoms with Crippen LogP contribution in [0.3, 0.4) is 0 Å². The number of imidazole rings is 1. The SMILES string of the molecule is CCOCc1nc2c(N)nc(C)c(C)c2n1CCC1CCN(C(=O)NCC(=O)OCC)CC1. The predicted octanol–water partition coefficient (Wildman–Crippen LogP) is 2.54. The van der Waals surface area contributed by atoms with Crippen molar-refractivity contribution in [2.75, 3.05) is 38.6 Å². The molecule has 10 nitrogen and oxygen atoms in total. The van der Waals surface area contributed by atoms with Crippen LogP contribution < -0.4 is 11.1 Å². The molecule has 0 aromatic carbocycles. The van der Waals surface area contributed by atoms with Gasteiger partial charge in [-0.1, -0.05) is 0 Å². The topological polar surface area (TPSA) is 125 Å². The van der Waals surface area contributed by atoms with Crippen LogP contribution in [-0.2, 0) is 27.4 Å². The number of pyridine rings is 1. The summed E-state index contributed by atoms with van der Waals surface area (Å²) >= 11 is 0. The number of nitrogens with one attached hydrogen (secondary N) is 1. The molecule has 2 aromatic heterocycles. The predicted molar refractivity (Wildman–Crippen MR) is 126 cm³/mol. The summed E-state index contributed by atoms with van der Waals surface area (Å²) in [4.78, 5) is 34.7. The molecule has 0 atom stereocenters. The number of esters is 1. The second kappa shape index (κ2) is 11.3. The minimum absolute atomic E-state index is 0.0976. The zero-order valence-electron chi connectivity index (χ0n) is 20.1. The van der Waals surface area contributed by atoms with Gasteiger partial charge in [0.05, 0.1) is 12.1 Å². The normalized spacial score (nSPS) is 14.6. The molecule has 1 aliphatic rings. The molecule has 3 rings (SSSR count). The van der Waals surface area contributed by atoms with Gasteiger partial charge in [0.1, 0.15) is 24.5 Å². The molecule has 0 bridgehead atoms. The Morgan fingerprint density at radius 2 is 1.88 bits per heavy atom. The molecule has 3 heterocycles. The molecule has 182 valence electrons. The van der Waals surface area contributed by atoms with E-state index in [0.717, 1.165) is 53.9 Å². The van der Waals surface area contributed by atoms with E-state index in [4.69, 9.17) is 20.2 Å². The molecule has 2 amide bonds. The Morgan fingerprint density at radius 3 is 2.55 bits per heavy atom. The molecule has 0 unspecified atom stereocenters. The Kier molecular flexibility index (Phi) is 8.49. The molecule has 0 aliphatic carbocycles. The largest absolute Gasteiger partial charge is 0.465 e. The lowest BCUT2D eigenvalue weighted by atomic mass is 9.93. The van der Waals surface area contributed by atoms with Gasteiger partial charge in [-0.3, -0.25) is 4.79 Å². The van der Waals surface area contributed by atoms with E-state index in [1.54, 1.807) is 11.8 Å². The first-order valence-electron chi connectivity index (χ1n) is 11.7. The molecular formula is C23H36N6O4. The van der Waals surface area contributed by atoms with E-state index in [9.17, 15) is 9.59 Å². The number of rotatable bonds is 9. The molecule has 1 aliphatic heterocycles. The van der Waals surface area contributed by atoms with E-state index in [1.165, 1.54) is 0 Å². The van der Waals surface area contributed by atoms with Crippen LogP contribution in [0.1, 0.15) is 50.2 Å². The van der Waals surface area contributed by atoms with Crippen LogP contribution >= 0.6 is 0 Å². The van der Waals surface area contributed by atoms with Crippen LogP contribution in [0.5, 0.6) is 0 Å². The van der Waals surface area contributed by atoms with E-state index in [-0.39, 0.29) is 12.6 Å². The number of hydrogen-bond donors (Lipinski definition) is 2. The number of carbonyl (C=O) groups is 2. The van der Waals surface area contributed by atoms with Gasteiger partial charge in [-0.25, -0.2) is 14.8 Å². The van der Waals surface area contributed by atoms with Gasteiger partial charge in [0.25, 0.3) is 0 Å². The number of nitrogen functional groups attached to an aromatic ring is 1. The Balaban J connectivity index is 1.62. The number of nitrogens with two attached hydrogens (primary N) is 1. The number of fused-ring (bicyclic) bond motifs is 1. The van der Waals surface area contributed by atoms with Crippen molar-refractivity contribution < 1.29 is 19.1 Å². The fraction of sp³-hybridized carbons (Fsp3) is 0.652. The molecule has 1 saturated heterocycles. The summed E-state index contributed by atoms with van der Waals surface area (Å²) in [5.41, 5.74) is 9.94. The van der Waals surface area contributed by atoms with E-state index >= 15 is 0 Å². The third-order valence-corrected chi connectivity index (χ3v) is 6.26. The highest BCUT2D eigenvalue weighted by Crippen LogP contribution is 2.28. The number of amides is 2. The second-order valence-corrected chi connectivity index (χ2v) is 8.40. The molecule has 0 radical (unpaired) electrons. The molecular weight excluding hydrogens is 424 g/mol. The summed E-state index contributed by atoms with van der Waals surface area (Å²) in [6.45, 7) is 11.1. The highest BCUT2D eigenvalue weighted by atomic mass is 16.5. The van der Waals surface area contributed by atoms with E-state index < -0.39 is 5.97 Å². The number of hydrogen-bond acceptors (Lipinski definition) is 7. The summed E-state index contributed by atoms with van der Waals surface area (Å²) in [7, 11) is 0. The van der Waals surface area contributed by atoms with Crippen molar-refractivity contribution in [2.24, 2.45) is 5.92 Å². The van der Waals surface area contributed by atoms with Gasteiger partial charge in [0, 0.05) is 31.9 Å². The van der Waals surface area contributed by atoms with E-state index in [2.05, 4.69) is 21.8 Å². The quantitative estimate of drug-likeness (QED) is 0.551. The maximum absolute atomic E-state index is 12.3. The van der Waals surface area contributed by atoms with Crippen molar-refractivity contribution >= 4 is 28.9 Å². The first kappa shape index (κ1) is 24.8. The third-order valence-electron chi connectivity index (χ3n) is 6.26. The minimum Gasteiger partial charge on any atom is -0.465 e. The summed E-state index contributed by atoms with van der Waals surface area (Å²) < 4.78 is 12.7. The third kappa shape index (κ3) is 5.93. The van der Waals surface area contributed by atoms with Crippen molar-refractivity contribution in [1.82, 2.24) is 24.8 Å². The first-order valence-corrected chi connectivity index (χ1v) is 11.7. The number of nitrogens with zero attached hydrogens (tertiary/aromatic N) is 4. The van der Waals surface area contributed by atoms with Crippen molar-refractivity contribution in [3.05, 3.63) is 17.1 Å². The summed E-state index contributed by atoms with van der Waals surface area (Å²) in [6.07, 6.45) is 2.81. The molecule has 2 aromatic rings. The number of piperidine rings is 1. The minimum atomic E-state index is -0.419. The van der Waals surface area contributed by atoms with Gasteiger partial charge in [-0.15, -0.1) is 0 Å². The highest BCUT2D eigenvalue weighted by molar-refractivity contribution is 5.88. The molecule has 0 spiro atoms. The Hall–Kier alpha value is -2.88. The number of aromatic nitrogens is 3. The fourth-order valence-corrected chi connectivity index (χ4v) is 4.30. The fourth-order valence-electron chi connectivity index (χ4n) is 4.30. The van der Waals surface area contributed by atoms with Gasteiger partial charge in [-0.05, 0) is 58.4 Å². The number of ether oxygens (including phenoxy) is 2. The van der Waals surface area contributed by atoms with Crippen LogP contribution in [0.25, 0.3) is 11.0 Å². The molecule has 10 heteroatoms. The van der Waals surface area contributed by atoms with Crippen LogP contribution in [0.4, 0.5) is 10.6 Å². The zero-order valence-corrected chi connectivity index (χ0v) is 20.1. The van der Waals surface area contributed by atoms with E-state index in [0.29, 0.717) is 44.6 Å². The van der Waals surface area contributed by atoms with Crippen molar-refractivity contribution in [1.29, 1.82) is 0 Å². The number of likely N-dealkylation sites (tertiary alicyclic amines) is 1. The number of aryl methyl sites for hydroxylation is 3. The van der Waals surface area contributed by atoms with Crippen molar-refractivity contribution in [3.8, 4) is 0 Å². The summed E-state index contributed by atoms with van der Waals surface area (Å²) in [5, 5.41) is 2.64. The smallest absolute Gasteiger partial charge is 0.325 e. The van der Waals surface area contributed by atoms with E-state index in [1.807, 2.05) is 13.8 Å². The van der Waals surface area contributed by atoms with Gasteiger partial charge in [0.2, 0.25) is 0 Å². The molecule has 1 fully saturated rings. The lowest BCUT2D eigenvalue weighted by molar-refractivity contribution is -0.141. The van der Waals surface area contributed by atoms with Gasteiger partial charge < -0.3 is 30.0 Å². The maximum atomic E-state index is 12.3. The average molecular weight is 461 g/mol. The average Bonchev–Trinajstić information content (AvgIpc) is 3.18. The summed E-state index contributed by atoms with van der Waals surface area (Å²) in [6, 6.07) is -0.213. The molecule has 0 saturated carbocycles. The molecule has 33 heavy (non-hydrogen) atoms. The first-order chi connectivity index (χ1) is 15.8. The monoisotopic (exact) mass is 460 g/mol. The van der Waals surface area contributed by atoms with Crippen molar-refractivity contribution in [2.45, 2.75) is 60.1 Å². The van der Waals surface area contributed by atoms with Crippen LogP contribution in [0, 0.1) is 19.8 Å². The van der Waals surface area contributed by atoms with Gasteiger partial charge in [-0.2, -0.15) is 0 Å². The maximum Gasteiger partial charge on any atom is 0.325 e. The van der Waals surface area contributed by atoms with Crippen LogP contribution in [-0.4, -0.2) is 64.3 Å². The Labute approximate surface area is 194 Å². The second-order valence-electron chi connectivity index (χ2n) is 8.40. The number of anilines is 1. The molecule has 3 N–H and O–H groups in total. The number of urea groups is 1. The summed E-state index contributed by atoms with van der Waals surface area (Å²) in [5.74, 6) is 1.39. The number of carbonyl (C=O) groups excluding carboxylic acids is 2. The lowest BCUT2D eigenvalue weighted by Gasteiger charge is -2.32. The lowest BCUT2D eigenvalue weighted by Crippen LogP contribution is -2.46. The standard InChI is InChI=1S/C23H36N6O4/c1-5-32-14-18-27-20-21(15(3)16(4)26-22(20)24)29(18)12-9-17-7-10-28(11-8-17)23(31)25-13-19(30)33-6-2/h17H,5-14H2,1-4H3,(H2,24,26)(H,25,31). The Bertz CT molecular complexity index is 981. The zero-order chi connectivity index (χ0) is 24.0. The van der Waals surface area contributed by atoms with Crippen molar-refractivity contribution in [3.63, 3.8) is 0 Å². The van der Waals surface area contributed by atoms with Gasteiger partial charge in [0.15, 0.2) is 5.82 Å². The van der Waals surface area contributed by atoms with Crippen LogP contribution in [0.15, 0.2) is 0 Å².